The number of hydrogen-bond acceptors (Lipinski definition) is 3. The summed E-state index contributed by atoms with van der Waals surface area (Å²) in [6.07, 6.45) is 0.0240. The number of hydrogen-bond donors (Lipinski definition) is 0. The quantitative estimate of drug-likeness (QED) is 0.594. The first-order valence-corrected chi connectivity index (χ1v) is 6.68. The van der Waals surface area contributed by atoms with E-state index >= 15 is 0 Å². The van der Waals surface area contributed by atoms with Crippen molar-refractivity contribution in [2.75, 3.05) is 7.11 Å². The highest BCUT2D eigenvalue weighted by molar-refractivity contribution is 5.87. The van der Waals surface area contributed by atoms with E-state index in [2.05, 4.69) is 0 Å². The van der Waals surface area contributed by atoms with Crippen LogP contribution < -0.4 is 9.47 Å². The Bertz CT molecular complexity index is 750. The zero-order chi connectivity index (χ0) is 15.1. The maximum atomic E-state index is 14.5. The van der Waals surface area contributed by atoms with E-state index in [-0.39, 0.29) is 6.42 Å². The van der Waals surface area contributed by atoms with Gasteiger partial charge in [-0.05, 0) is 48.7 Å². The molecule has 21 heavy (non-hydrogen) atoms. The largest absolute Gasteiger partial charge is 0.497 e. The van der Waals surface area contributed by atoms with Gasteiger partial charge in [-0.15, -0.1) is 0 Å². The minimum absolute atomic E-state index is 0.0240. The summed E-state index contributed by atoms with van der Waals surface area (Å²) in [4.78, 5) is 11.9. The predicted octanol–water partition coefficient (Wildman–Crippen LogP) is 3.58. The molecule has 0 aliphatic carbocycles. The predicted molar refractivity (Wildman–Crippen MR) is 77.2 cm³/mol. The van der Waals surface area contributed by atoms with E-state index in [9.17, 15) is 9.18 Å². The van der Waals surface area contributed by atoms with Crippen molar-refractivity contribution < 1.29 is 18.7 Å². The number of halogens is 1. The number of benzene rings is 2. The third-order valence-corrected chi connectivity index (χ3v) is 3.80. The highest BCUT2D eigenvalue weighted by Crippen LogP contribution is 2.40. The van der Waals surface area contributed by atoms with Crippen LogP contribution in [-0.2, 0) is 11.2 Å². The van der Waals surface area contributed by atoms with Crippen LogP contribution in [0.3, 0.4) is 0 Å². The molecule has 0 spiro atoms. The van der Waals surface area contributed by atoms with E-state index in [1.807, 2.05) is 19.9 Å². The Hall–Kier alpha value is -2.36. The molecule has 108 valence electrons. The smallest absolute Gasteiger partial charge is 0.315 e. The highest BCUT2D eigenvalue weighted by atomic mass is 19.1. The third kappa shape index (κ3) is 2.27. The first-order chi connectivity index (χ1) is 9.99. The van der Waals surface area contributed by atoms with Crippen molar-refractivity contribution in [3.63, 3.8) is 0 Å². The molecule has 1 aliphatic heterocycles. The summed E-state index contributed by atoms with van der Waals surface area (Å²) in [5.41, 5.74) is 3.63. The van der Waals surface area contributed by atoms with Crippen LogP contribution in [0.15, 0.2) is 24.3 Å². The second-order valence-electron chi connectivity index (χ2n) is 5.23. The van der Waals surface area contributed by atoms with E-state index < -0.39 is 11.8 Å². The van der Waals surface area contributed by atoms with E-state index in [0.29, 0.717) is 28.2 Å². The Labute approximate surface area is 122 Å². The van der Waals surface area contributed by atoms with Crippen LogP contribution in [0.5, 0.6) is 11.5 Å². The van der Waals surface area contributed by atoms with Crippen LogP contribution in [0.25, 0.3) is 11.1 Å². The minimum Gasteiger partial charge on any atom is -0.497 e. The molecule has 4 heteroatoms. The van der Waals surface area contributed by atoms with Crippen molar-refractivity contribution in [2.24, 2.45) is 0 Å². The Kier molecular flexibility index (Phi) is 3.16. The molecular formula is C17H15FO3. The molecule has 3 nitrogen and oxygen atoms in total. The monoisotopic (exact) mass is 286 g/mol. The summed E-state index contributed by atoms with van der Waals surface area (Å²) in [6.45, 7) is 3.88. The average molecular weight is 286 g/mol. The van der Waals surface area contributed by atoms with Gasteiger partial charge in [0, 0.05) is 17.2 Å². The lowest BCUT2D eigenvalue weighted by Crippen LogP contribution is -2.09. The van der Waals surface area contributed by atoms with E-state index in [0.717, 1.165) is 11.1 Å². The van der Waals surface area contributed by atoms with Crippen molar-refractivity contribution in [3.05, 3.63) is 46.8 Å². The van der Waals surface area contributed by atoms with E-state index in [4.69, 9.17) is 9.47 Å². The van der Waals surface area contributed by atoms with E-state index in [1.165, 1.54) is 13.2 Å². The molecule has 0 N–H and O–H groups in total. The van der Waals surface area contributed by atoms with Crippen molar-refractivity contribution in [2.45, 2.75) is 20.3 Å². The Balaban J connectivity index is 2.33. The summed E-state index contributed by atoms with van der Waals surface area (Å²) in [6, 6.07) is 6.65. The first-order valence-electron chi connectivity index (χ1n) is 6.68. The maximum absolute atomic E-state index is 14.5. The number of aryl methyl sites for hydroxylation is 2. The van der Waals surface area contributed by atoms with Crippen LogP contribution in [0.1, 0.15) is 16.7 Å². The normalized spacial score (nSPS) is 13.0. The zero-order valence-electron chi connectivity index (χ0n) is 12.1. The first kappa shape index (κ1) is 13.6. The number of carbonyl (C=O) groups is 1. The fourth-order valence-electron chi connectivity index (χ4n) is 2.58. The van der Waals surface area contributed by atoms with Crippen molar-refractivity contribution in [1.82, 2.24) is 0 Å². The van der Waals surface area contributed by atoms with Gasteiger partial charge >= 0.3 is 5.97 Å². The number of methoxy groups -OCH3 is 1. The van der Waals surface area contributed by atoms with Gasteiger partial charge in [-0.25, -0.2) is 4.39 Å². The molecule has 0 bridgehead atoms. The third-order valence-electron chi connectivity index (χ3n) is 3.80. The zero-order valence-corrected chi connectivity index (χ0v) is 12.1. The number of ether oxygens (including phenoxy) is 2. The summed E-state index contributed by atoms with van der Waals surface area (Å²) >= 11 is 0. The van der Waals surface area contributed by atoms with Gasteiger partial charge in [0.15, 0.2) is 0 Å². The molecule has 0 amide bonds. The van der Waals surface area contributed by atoms with Crippen molar-refractivity contribution >= 4 is 5.97 Å². The SMILES string of the molecule is COc1cc(F)c2c(c1)CC(=O)Oc1cc(C)c(C)cc1-2. The van der Waals surface area contributed by atoms with Gasteiger partial charge in [0.2, 0.25) is 0 Å². The number of rotatable bonds is 1. The van der Waals surface area contributed by atoms with Crippen LogP contribution in [0.2, 0.25) is 0 Å². The van der Waals surface area contributed by atoms with Gasteiger partial charge in [0.25, 0.3) is 0 Å². The summed E-state index contributed by atoms with van der Waals surface area (Å²) in [5, 5.41) is 0. The summed E-state index contributed by atoms with van der Waals surface area (Å²) < 4.78 is 24.9. The van der Waals surface area contributed by atoms with Gasteiger partial charge in [0.1, 0.15) is 17.3 Å². The minimum atomic E-state index is -0.410. The second kappa shape index (κ2) is 4.88. The summed E-state index contributed by atoms with van der Waals surface area (Å²) in [5.74, 6) is -0.00434. The fraction of sp³-hybridized carbons (Fsp3) is 0.235. The number of fused-ring (bicyclic) bond motifs is 3. The molecule has 1 heterocycles. The Morgan fingerprint density at radius 3 is 2.57 bits per heavy atom. The van der Waals surface area contributed by atoms with Crippen LogP contribution in [0.4, 0.5) is 4.39 Å². The Morgan fingerprint density at radius 2 is 1.86 bits per heavy atom. The van der Waals surface area contributed by atoms with Crippen LogP contribution in [0, 0.1) is 19.7 Å². The molecule has 0 saturated carbocycles. The second-order valence-corrected chi connectivity index (χ2v) is 5.23. The van der Waals surface area contributed by atoms with Gasteiger partial charge in [0.05, 0.1) is 13.5 Å². The molecule has 0 radical (unpaired) electrons. The van der Waals surface area contributed by atoms with Gasteiger partial charge in [-0.1, -0.05) is 0 Å². The number of esters is 1. The molecule has 0 aromatic heterocycles. The number of carbonyl (C=O) groups excluding carboxylic acids is 1. The lowest BCUT2D eigenvalue weighted by molar-refractivity contribution is -0.133. The van der Waals surface area contributed by atoms with Gasteiger partial charge < -0.3 is 9.47 Å². The molecule has 2 aromatic rings. The lowest BCUT2D eigenvalue weighted by atomic mass is 9.94. The highest BCUT2D eigenvalue weighted by Gasteiger charge is 2.25. The molecular weight excluding hydrogens is 271 g/mol. The molecule has 1 aliphatic rings. The van der Waals surface area contributed by atoms with Crippen LogP contribution >= 0.6 is 0 Å². The van der Waals surface area contributed by atoms with Gasteiger partial charge in [-0.3, -0.25) is 4.79 Å². The fourth-order valence-corrected chi connectivity index (χ4v) is 2.58. The van der Waals surface area contributed by atoms with Crippen molar-refractivity contribution in [1.29, 1.82) is 0 Å². The summed E-state index contributed by atoms with van der Waals surface area (Å²) in [7, 11) is 1.47. The molecule has 0 saturated heterocycles. The average Bonchev–Trinajstić information content (AvgIpc) is 2.55. The topological polar surface area (TPSA) is 35.5 Å². The molecule has 0 fully saturated rings. The van der Waals surface area contributed by atoms with Crippen molar-refractivity contribution in [3.8, 4) is 22.6 Å². The molecule has 0 unspecified atom stereocenters. The van der Waals surface area contributed by atoms with E-state index in [1.54, 1.807) is 12.1 Å². The lowest BCUT2D eigenvalue weighted by Gasteiger charge is -2.13. The van der Waals surface area contributed by atoms with Gasteiger partial charge in [-0.2, -0.15) is 0 Å². The van der Waals surface area contributed by atoms with Crippen LogP contribution in [-0.4, -0.2) is 13.1 Å². The maximum Gasteiger partial charge on any atom is 0.315 e. The molecule has 0 atom stereocenters. The molecule has 2 aromatic carbocycles. The standard InChI is InChI=1S/C17H15FO3/c1-9-4-13-15(5-10(9)2)21-16(19)7-11-6-12(20-3)8-14(18)17(11)13/h4-6,8H,7H2,1-3H3. The molecule has 3 rings (SSSR count). The Morgan fingerprint density at radius 1 is 1.14 bits per heavy atom.